The van der Waals surface area contributed by atoms with Crippen molar-refractivity contribution in [1.29, 1.82) is 5.41 Å². The van der Waals surface area contributed by atoms with E-state index in [-0.39, 0.29) is 71.4 Å². The number of alkyl halides is 2. The molecule has 7 heterocycles. The molecular weight excluding hydrogens is 867 g/mol. The molecule has 3 saturated heterocycles. The molecule has 3 aromatic rings. The van der Waals surface area contributed by atoms with Crippen molar-refractivity contribution in [3.05, 3.63) is 76.2 Å². The first-order valence-corrected chi connectivity index (χ1v) is 23.3. The number of imide groups is 2. The number of hydrogen-bond donors (Lipinski definition) is 3. The van der Waals surface area contributed by atoms with Crippen LogP contribution in [-0.2, 0) is 32.6 Å². The number of amidine groups is 1. The summed E-state index contributed by atoms with van der Waals surface area (Å²) in [5.41, 5.74) is 4.25. The van der Waals surface area contributed by atoms with Crippen molar-refractivity contribution >= 4 is 47.0 Å². The van der Waals surface area contributed by atoms with E-state index in [0.29, 0.717) is 100 Å². The number of amides is 6. The quantitative estimate of drug-likeness (QED) is 0.143. The topological polar surface area (TPSA) is 194 Å². The number of benzene rings is 2. The molecule has 3 fully saturated rings. The van der Waals surface area contributed by atoms with Gasteiger partial charge in [-0.05, 0) is 99.3 Å². The molecule has 2 aromatic carbocycles. The number of ether oxygens (including phenoxy) is 1. The zero-order valence-corrected chi connectivity index (χ0v) is 37.8. The molecule has 0 saturated carbocycles. The largest absolute Gasteiger partial charge is 0.492 e. The first kappa shape index (κ1) is 45.6. The Kier molecular flexibility index (Phi) is 13.0. The molecule has 3 N–H and O–H groups in total. The maximum absolute atomic E-state index is 14.6. The molecule has 6 aliphatic rings. The minimum Gasteiger partial charge on any atom is -0.492 e. The summed E-state index contributed by atoms with van der Waals surface area (Å²) in [6.45, 7) is 5.88. The zero-order chi connectivity index (χ0) is 47.1. The number of aryl methyl sites for hydroxylation is 2. The first-order chi connectivity index (χ1) is 32.2. The van der Waals surface area contributed by atoms with Crippen molar-refractivity contribution in [1.82, 2.24) is 40.0 Å². The van der Waals surface area contributed by atoms with Crippen molar-refractivity contribution in [3.8, 4) is 16.9 Å². The van der Waals surface area contributed by atoms with E-state index in [1.165, 1.54) is 19.1 Å². The average molecular weight is 923 g/mol. The van der Waals surface area contributed by atoms with Gasteiger partial charge in [-0.3, -0.25) is 54.0 Å². The summed E-state index contributed by atoms with van der Waals surface area (Å²) in [6.07, 6.45) is 5.59. The van der Waals surface area contributed by atoms with Crippen LogP contribution in [0.5, 0.6) is 5.75 Å². The molecule has 17 nitrogen and oxygen atoms in total. The highest BCUT2D eigenvalue weighted by Gasteiger charge is 2.46. The smallest absolute Gasteiger partial charge is 0.266 e. The number of anilines is 1. The van der Waals surface area contributed by atoms with Crippen molar-refractivity contribution in [3.63, 3.8) is 0 Å². The van der Waals surface area contributed by atoms with Crippen LogP contribution in [0.15, 0.2) is 54.0 Å². The lowest BCUT2D eigenvalue weighted by Gasteiger charge is -2.39. The number of piperidine rings is 3. The highest BCUT2D eigenvalue weighted by atomic mass is 19.3. The number of likely N-dealkylation sites (tertiary alicyclic amines) is 2. The Labute approximate surface area is 386 Å². The van der Waals surface area contributed by atoms with E-state index in [0.717, 1.165) is 35.4 Å². The van der Waals surface area contributed by atoms with Gasteiger partial charge in [-0.1, -0.05) is 6.07 Å². The van der Waals surface area contributed by atoms with Crippen molar-refractivity contribution in [2.24, 2.45) is 13.0 Å². The van der Waals surface area contributed by atoms with Crippen LogP contribution in [-0.4, -0.2) is 142 Å². The van der Waals surface area contributed by atoms with E-state index in [4.69, 9.17) is 4.74 Å². The highest BCUT2D eigenvalue weighted by molar-refractivity contribution is 6.24. The first-order valence-electron chi connectivity index (χ1n) is 23.3. The number of fused-ring (bicyclic) bond motifs is 2. The highest BCUT2D eigenvalue weighted by Crippen LogP contribution is 2.40. The van der Waals surface area contributed by atoms with Gasteiger partial charge in [-0.2, -0.15) is 5.10 Å². The molecule has 0 aliphatic carbocycles. The minimum absolute atomic E-state index is 0.0373. The predicted molar refractivity (Wildman–Crippen MR) is 241 cm³/mol. The number of carbonyl (C=O) groups excluding carboxylic acids is 6. The lowest BCUT2D eigenvalue weighted by Crippen LogP contribution is -2.54. The van der Waals surface area contributed by atoms with Crippen LogP contribution in [0.2, 0.25) is 0 Å². The summed E-state index contributed by atoms with van der Waals surface area (Å²) in [4.78, 5) is 85.6. The molecule has 1 atom stereocenters. The van der Waals surface area contributed by atoms with E-state index < -0.39 is 36.1 Å². The van der Waals surface area contributed by atoms with Gasteiger partial charge < -0.3 is 24.8 Å². The molecule has 1 aromatic heterocycles. The lowest BCUT2D eigenvalue weighted by molar-refractivity contribution is -0.136. The van der Waals surface area contributed by atoms with E-state index in [1.807, 2.05) is 15.9 Å². The SMILES string of the molecule is CC(=O)N1CCC(NC2CCN(C(=O)CN3CCC(COc4cccc5c4C(=O)N(C4CCC(=O)NC4=O)C5=O)CC3)CC2)=C(C(=N)N2CCCc3cc(-c4cnn(C)c4)c(C(F)F)cc32)C1. The molecule has 0 spiro atoms. The van der Waals surface area contributed by atoms with Crippen molar-refractivity contribution in [2.75, 3.05) is 63.9 Å². The van der Waals surface area contributed by atoms with Crippen LogP contribution in [0.1, 0.15) is 96.6 Å². The van der Waals surface area contributed by atoms with Gasteiger partial charge in [0.25, 0.3) is 18.2 Å². The average Bonchev–Trinajstić information content (AvgIpc) is 3.87. The second-order valence-electron chi connectivity index (χ2n) is 18.5. The molecule has 6 aliphatic heterocycles. The molecular formula is C48H56F2N10O7. The molecule has 0 bridgehead atoms. The number of hydrogen-bond acceptors (Lipinski definition) is 11. The fourth-order valence-corrected chi connectivity index (χ4v) is 10.4. The zero-order valence-electron chi connectivity index (χ0n) is 37.8. The Morgan fingerprint density at radius 3 is 2.40 bits per heavy atom. The molecule has 19 heteroatoms. The van der Waals surface area contributed by atoms with Crippen LogP contribution in [0, 0.1) is 11.3 Å². The summed E-state index contributed by atoms with van der Waals surface area (Å²) in [7, 11) is 1.75. The number of halogens is 2. The van der Waals surface area contributed by atoms with Gasteiger partial charge in [0.05, 0.1) is 37.0 Å². The summed E-state index contributed by atoms with van der Waals surface area (Å²) in [5.74, 6) is -1.69. The standard InChI is InChI=1S/C48H56F2N10O7/c1-28(61)58-20-14-37(36(25-58)45(51)59-15-4-5-30-21-34(31-23-52-55(2)24-31)35(44(49)50)22-39(30)59)53-32-12-18-57(19-13-32)42(63)26-56-16-10-29(11-17-56)27-67-40-7-3-6-33-43(40)48(66)60(47(33)65)38-8-9-41(62)54-46(38)64/h3,6-7,21-24,29,32,38,44,51,53H,4-5,8-20,25-27H2,1-2H3,(H,54,62,64). The Morgan fingerprint density at radius 2 is 1.70 bits per heavy atom. The van der Waals surface area contributed by atoms with Crippen LogP contribution in [0.3, 0.4) is 0 Å². The molecule has 67 heavy (non-hydrogen) atoms. The summed E-state index contributed by atoms with van der Waals surface area (Å²) >= 11 is 0. The molecule has 6 amide bonds. The second-order valence-corrected chi connectivity index (χ2v) is 18.5. The number of nitrogens with one attached hydrogen (secondary N) is 3. The van der Waals surface area contributed by atoms with Gasteiger partial charge in [0, 0.05) is 93.3 Å². The van der Waals surface area contributed by atoms with Crippen molar-refractivity contribution in [2.45, 2.75) is 83.2 Å². The van der Waals surface area contributed by atoms with Gasteiger partial charge in [0.15, 0.2) is 0 Å². The number of carbonyl (C=O) groups is 6. The third-order valence-electron chi connectivity index (χ3n) is 14.2. The fraction of sp³-hybridized carbons (Fsp3) is 0.500. The molecule has 1 unspecified atom stereocenters. The van der Waals surface area contributed by atoms with Gasteiger partial charge in [0.1, 0.15) is 17.6 Å². The van der Waals surface area contributed by atoms with Crippen LogP contribution in [0.4, 0.5) is 14.5 Å². The molecule has 9 rings (SSSR count). The molecule has 0 radical (unpaired) electrons. The van der Waals surface area contributed by atoms with Gasteiger partial charge in [-0.15, -0.1) is 0 Å². The van der Waals surface area contributed by atoms with Gasteiger partial charge in [0.2, 0.25) is 23.6 Å². The van der Waals surface area contributed by atoms with Crippen LogP contribution < -0.4 is 20.3 Å². The van der Waals surface area contributed by atoms with E-state index in [9.17, 15) is 43.0 Å². The normalized spacial score (nSPS) is 20.9. The second kappa shape index (κ2) is 19.0. The Hall–Kier alpha value is -6.50. The Balaban J connectivity index is 0.781. The maximum Gasteiger partial charge on any atom is 0.266 e. The number of rotatable bonds is 11. The van der Waals surface area contributed by atoms with E-state index in [1.54, 1.807) is 41.2 Å². The lowest BCUT2D eigenvalue weighted by atomic mass is 9.92. The third kappa shape index (κ3) is 9.29. The number of nitrogens with zero attached hydrogens (tertiary/aromatic N) is 7. The third-order valence-corrected chi connectivity index (χ3v) is 14.2. The van der Waals surface area contributed by atoms with Crippen molar-refractivity contribution < 1.29 is 42.3 Å². The minimum atomic E-state index is -2.73. The number of aromatic nitrogens is 2. The molecule has 354 valence electrons. The van der Waals surface area contributed by atoms with Crippen LogP contribution in [0.25, 0.3) is 11.1 Å². The Bertz CT molecular complexity index is 2540. The van der Waals surface area contributed by atoms with Gasteiger partial charge in [-0.25, -0.2) is 8.78 Å². The monoisotopic (exact) mass is 922 g/mol. The fourth-order valence-electron chi connectivity index (χ4n) is 10.4. The summed E-state index contributed by atoms with van der Waals surface area (Å²) in [5, 5.41) is 19.7. The Morgan fingerprint density at radius 1 is 0.925 bits per heavy atom. The van der Waals surface area contributed by atoms with E-state index in [2.05, 4.69) is 20.6 Å². The van der Waals surface area contributed by atoms with E-state index >= 15 is 0 Å². The predicted octanol–water partition coefficient (Wildman–Crippen LogP) is 4.03. The summed E-state index contributed by atoms with van der Waals surface area (Å²) < 4.78 is 37.0. The van der Waals surface area contributed by atoms with Crippen LogP contribution >= 0.6 is 0 Å². The van der Waals surface area contributed by atoms with Gasteiger partial charge >= 0.3 is 0 Å². The maximum atomic E-state index is 14.6. The summed E-state index contributed by atoms with van der Waals surface area (Å²) in [6, 6.07) is 7.15.